The molecular formula is C8H18N2O2S. The summed E-state index contributed by atoms with van der Waals surface area (Å²) in [7, 11) is -3.46. The van der Waals surface area contributed by atoms with Crippen molar-refractivity contribution in [3.63, 3.8) is 0 Å². The van der Waals surface area contributed by atoms with E-state index in [9.17, 15) is 8.42 Å². The first-order chi connectivity index (χ1) is 5.93. The molecule has 0 saturated carbocycles. The molecule has 0 spiro atoms. The monoisotopic (exact) mass is 206 g/mol. The lowest BCUT2D eigenvalue weighted by Gasteiger charge is -2.25. The van der Waals surface area contributed by atoms with Crippen LogP contribution in [0.25, 0.3) is 0 Å². The average Bonchev–Trinajstić information content (AvgIpc) is 2.48. The molecule has 1 aliphatic rings. The van der Waals surface area contributed by atoms with Crippen molar-refractivity contribution in [3.05, 3.63) is 0 Å². The highest BCUT2D eigenvalue weighted by Crippen LogP contribution is 2.37. The van der Waals surface area contributed by atoms with Gasteiger partial charge in [-0.25, -0.2) is 5.14 Å². The Hall–Kier alpha value is -0.130. The zero-order valence-corrected chi connectivity index (χ0v) is 9.10. The zero-order chi connectivity index (χ0) is 10.1. The Bertz CT molecular complexity index is 270. The third-order valence-corrected chi connectivity index (χ3v) is 4.29. The first kappa shape index (κ1) is 10.9. The van der Waals surface area contributed by atoms with Gasteiger partial charge in [-0.2, -0.15) is 12.7 Å². The van der Waals surface area contributed by atoms with Crippen LogP contribution in [0.15, 0.2) is 0 Å². The molecule has 1 saturated heterocycles. The van der Waals surface area contributed by atoms with Crippen LogP contribution in [0.5, 0.6) is 0 Å². The fraction of sp³-hybridized carbons (Fsp3) is 1.00. The summed E-state index contributed by atoms with van der Waals surface area (Å²) in [5.41, 5.74) is 0.173. The molecule has 1 rings (SSSR count). The molecule has 13 heavy (non-hydrogen) atoms. The standard InChI is InChI=1S/C8H18N2O2S/c1-3-8(4-2)5-6-10(7-8)13(9,11)12/h3-7H2,1-2H3,(H2,9,11,12). The molecule has 0 atom stereocenters. The summed E-state index contributed by atoms with van der Waals surface area (Å²) in [6, 6.07) is 0. The minimum Gasteiger partial charge on any atom is -0.216 e. The predicted octanol–water partition coefficient (Wildman–Crippen LogP) is 0.702. The topological polar surface area (TPSA) is 63.4 Å². The minimum atomic E-state index is -3.46. The van der Waals surface area contributed by atoms with E-state index in [1.807, 2.05) is 0 Å². The van der Waals surface area contributed by atoms with E-state index in [1.54, 1.807) is 0 Å². The smallest absolute Gasteiger partial charge is 0.216 e. The lowest BCUT2D eigenvalue weighted by atomic mass is 9.82. The maximum absolute atomic E-state index is 11.1. The van der Waals surface area contributed by atoms with Crippen LogP contribution in [0, 0.1) is 5.41 Å². The van der Waals surface area contributed by atoms with Gasteiger partial charge in [0.2, 0.25) is 0 Å². The Balaban J connectivity index is 2.73. The molecule has 0 aromatic rings. The minimum absolute atomic E-state index is 0.173. The van der Waals surface area contributed by atoms with Gasteiger partial charge in [-0.05, 0) is 24.7 Å². The molecule has 0 bridgehead atoms. The van der Waals surface area contributed by atoms with Gasteiger partial charge in [0.1, 0.15) is 0 Å². The number of rotatable bonds is 3. The van der Waals surface area contributed by atoms with Crippen LogP contribution in [0.2, 0.25) is 0 Å². The molecule has 2 N–H and O–H groups in total. The van der Waals surface area contributed by atoms with Gasteiger partial charge < -0.3 is 0 Å². The van der Waals surface area contributed by atoms with Crippen LogP contribution in [-0.2, 0) is 10.2 Å². The van der Waals surface area contributed by atoms with Gasteiger partial charge in [0.25, 0.3) is 10.2 Å². The maximum Gasteiger partial charge on any atom is 0.276 e. The van der Waals surface area contributed by atoms with E-state index in [2.05, 4.69) is 13.8 Å². The average molecular weight is 206 g/mol. The van der Waals surface area contributed by atoms with Gasteiger partial charge in [0, 0.05) is 13.1 Å². The van der Waals surface area contributed by atoms with Gasteiger partial charge in [0.15, 0.2) is 0 Å². The number of hydrogen-bond acceptors (Lipinski definition) is 2. The van der Waals surface area contributed by atoms with Crippen molar-refractivity contribution in [3.8, 4) is 0 Å². The van der Waals surface area contributed by atoms with Crippen molar-refractivity contribution in [2.75, 3.05) is 13.1 Å². The molecule has 0 unspecified atom stereocenters. The van der Waals surface area contributed by atoms with Gasteiger partial charge >= 0.3 is 0 Å². The Morgan fingerprint density at radius 2 is 1.92 bits per heavy atom. The van der Waals surface area contributed by atoms with Crippen LogP contribution in [0.4, 0.5) is 0 Å². The summed E-state index contributed by atoms with van der Waals surface area (Å²) >= 11 is 0. The Morgan fingerprint density at radius 1 is 1.38 bits per heavy atom. The second-order valence-corrected chi connectivity index (χ2v) is 5.38. The van der Waals surface area contributed by atoms with Crippen molar-refractivity contribution in [1.29, 1.82) is 0 Å². The van der Waals surface area contributed by atoms with Gasteiger partial charge in [-0.15, -0.1) is 0 Å². The molecule has 1 aliphatic heterocycles. The van der Waals surface area contributed by atoms with Gasteiger partial charge in [0.05, 0.1) is 0 Å². The SMILES string of the molecule is CCC1(CC)CCN(S(N)(=O)=O)C1. The Morgan fingerprint density at radius 3 is 2.15 bits per heavy atom. The van der Waals surface area contributed by atoms with E-state index in [4.69, 9.17) is 5.14 Å². The van der Waals surface area contributed by atoms with Crippen LogP contribution >= 0.6 is 0 Å². The third-order valence-electron chi connectivity index (χ3n) is 3.26. The number of nitrogens with two attached hydrogens (primary N) is 1. The highest BCUT2D eigenvalue weighted by molar-refractivity contribution is 7.86. The fourth-order valence-electron chi connectivity index (χ4n) is 1.94. The summed E-state index contributed by atoms with van der Waals surface area (Å²) in [6.45, 7) is 5.39. The van der Waals surface area contributed by atoms with E-state index in [-0.39, 0.29) is 5.41 Å². The molecule has 0 aliphatic carbocycles. The lowest BCUT2D eigenvalue weighted by Crippen LogP contribution is -2.36. The molecule has 4 nitrogen and oxygen atoms in total. The number of hydrogen-bond donors (Lipinski definition) is 1. The van der Waals surface area contributed by atoms with Gasteiger partial charge in [-0.3, -0.25) is 0 Å². The van der Waals surface area contributed by atoms with Crippen molar-refractivity contribution >= 4 is 10.2 Å². The first-order valence-corrected chi connectivity index (χ1v) is 6.22. The summed E-state index contributed by atoms with van der Waals surface area (Å²) in [4.78, 5) is 0. The predicted molar refractivity (Wildman–Crippen MR) is 52.3 cm³/mol. The molecule has 0 aromatic heterocycles. The summed E-state index contributed by atoms with van der Waals surface area (Å²) in [6.07, 6.45) is 2.99. The first-order valence-electron chi connectivity index (χ1n) is 4.71. The van der Waals surface area contributed by atoms with Crippen LogP contribution < -0.4 is 5.14 Å². The molecular weight excluding hydrogens is 188 g/mol. The van der Waals surface area contributed by atoms with E-state index in [0.717, 1.165) is 19.3 Å². The molecule has 5 heteroatoms. The second kappa shape index (κ2) is 3.55. The van der Waals surface area contributed by atoms with Crippen molar-refractivity contribution in [2.24, 2.45) is 10.6 Å². The van der Waals surface area contributed by atoms with Crippen molar-refractivity contribution in [2.45, 2.75) is 33.1 Å². The fourth-order valence-corrected chi connectivity index (χ4v) is 2.74. The molecule has 1 fully saturated rings. The largest absolute Gasteiger partial charge is 0.276 e. The van der Waals surface area contributed by atoms with Gasteiger partial charge in [-0.1, -0.05) is 13.8 Å². The van der Waals surface area contributed by atoms with Crippen LogP contribution in [0.3, 0.4) is 0 Å². The van der Waals surface area contributed by atoms with E-state index in [0.29, 0.717) is 13.1 Å². The highest BCUT2D eigenvalue weighted by atomic mass is 32.2. The number of nitrogens with zero attached hydrogens (tertiary/aromatic N) is 1. The summed E-state index contributed by atoms with van der Waals surface area (Å²) in [5.74, 6) is 0. The third kappa shape index (κ3) is 2.21. The lowest BCUT2D eigenvalue weighted by molar-refractivity contribution is 0.280. The summed E-state index contributed by atoms with van der Waals surface area (Å²) < 4.78 is 23.5. The normalized spacial score (nSPS) is 23.6. The highest BCUT2D eigenvalue weighted by Gasteiger charge is 2.38. The van der Waals surface area contributed by atoms with Crippen molar-refractivity contribution in [1.82, 2.24) is 4.31 Å². The molecule has 1 heterocycles. The van der Waals surface area contributed by atoms with Crippen LogP contribution in [0.1, 0.15) is 33.1 Å². The van der Waals surface area contributed by atoms with Crippen LogP contribution in [-0.4, -0.2) is 25.8 Å². The molecule has 0 amide bonds. The van der Waals surface area contributed by atoms with Crippen molar-refractivity contribution < 1.29 is 8.42 Å². The quantitative estimate of drug-likeness (QED) is 0.739. The van der Waals surface area contributed by atoms with E-state index in [1.165, 1.54) is 4.31 Å². The van der Waals surface area contributed by atoms with E-state index < -0.39 is 10.2 Å². The summed E-state index contributed by atoms with van der Waals surface area (Å²) in [5, 5.41) is 5.07. The maximum atomic E-state index is 11.1. The Labute approximate surface area is 80.3 Å². The molecule has 0 radical (unpaired) electrons. The Kier molecular flexibility index (Phi) is 2.99. The zero-order valence-electron chi connectivity index (χ0n) is 8.28. The second-order valence-electron chi connectivity index (χ2n) is 3.84. The molecule has 0 aromatic carbocycles. The van der Waals surface area contributed by atoms with E-state index >= 15 is 0 Å². The molecule has 78 valence electrons.